The van der Waals surface area contributed by atoms with Gasteiger partial charge in [-0.15, -0.1) is 0 Å². The van der Waals surface area contributed by atoms with Crippen LogP contribution in [-0.2, 0) is 16.4 Å². The lowest BCUT2D eigenvalue weighted by Crippen LogP contribution is -2.51. The molecule has 0 spiro atoms. The van der Waals surface area contributed by atoms with Crippen LogP contribution in [0.3, 0.4) is 0 Å². The molecule has 1 atom stereocenters. The van der Waals surface area contributed by atoms with Crippen molar-refractivity contribution in [3.63, 3.8) is 0 Å². The van der Waals surface area contributed by atoms with Crippen molar-refractivity contribution in [3.8, 4) is 0 Å². The minimum Gasteiger partial charge on any atom is -0.392 e. The summed E-state index contributed by atoms with van der Waals surface area (Å²) in [5.41, 5.74) is 1.77. The first-order valence-corrected chi connectivity index (χ1v) is 10.6. The second-order valence-corrected chi connectivity index (χ2v) is 9.13. The zero-order valence-corrected chi connectivity index (χ0v) is 15.0. The number of pyridine rings is 1. The van der Waals surface area contributed by atoms with E-state index in [1.165, 1.54) is 0 Å². The Morgan fingerprint density at radius 1 is 1.16 bits per heavy atom. The van der Waals surface area contributed by atoms with Gasteiger partial charge in [0, 0.05) is 43.2 Å². The molecule has 1 aromatic heterocycles. The maximum Gasteiger partial charge on any atom is 0.151 e. The third-order valence-electron chi connectivity index (χ3n) is 5.29. The van der Waals surface area contributed by atoms with E-state index < -0.39 is 9.84 Å². The quantitative estimate of drug-likeness (QED) is 0.880. The van der Waals surface area contributed by atoms with Gasteiger partial charge in [-0.05, 0) is 18.6 Å². The van der Waals surface area contributed by atoms with Crippen molar-refractivity contribution in [2.45, 2.75) is 19.1 Å². The Bertz CT molecular complexity index is 876. The fourth-order valence-corrected chi connectivity index (χ4v) is 5.66. The van der Waals surface area contributed by atoms with Crippen LogP contribution in [0.25, 0.3) is 10.9 Å². The molecule has 0 bridgehead atoms. The number of nitrogens with zero attached hydrogens (tertiary/aromatic N) is 3. The summed E-state index contributed by atoms with van der Waals surface area (Å²) in [5, 5.41) is 10.8. The summed E-state index contributed by atoms with van der Waals surface area (Å²) < 4.78 is 23.4. The number of hydrogen-bond acceptors (Lipinski definition) is 6. The van der Waals surface area contributed by atoms with Gasteiger partial charge >= 0.3 is 0 Å². The zero-order valence-electron chi connectivity index (χ0n) is 14.1. The largest absolute Gasteiger partial charge is 0.392 e. The lowest BCUT2D eigenvalue weighted by atomic mass is 10.1. The zero-order chi connectivity index (χ0) is 17.4. The first-order chi connectivity index (χ1) is 12.1. The molecule has 2 fully saturated rings. The molecule has 1 unspecified atom stereocenters. The number of aromatic nitrogens is 1. The number of sulfone groups is 1. The molecule has 2 aliphatic rings. The minimum atomic E-state index is -2.85. The fraction of sp³-hybridized carbons (Fsp3) is 0.500. The maximum atomic E-state index is 11.7. The highest BCUT2D eigenvalue weighted by Crippen LogP contribution is 2.26. The molecule has 2 aliphatic heterocycles. The van der Waals surface area contributed by atoms with E-state index in [4.69, 9.17) is 4.98 Å². The third-order valence-corrected chi connectivity index (χ3v) is 7.04. The molecule has 0 radical (unpaired) electrons. The summed E-state index contributed by atoms with van der Waals surface area (Å²) in [6.45, 7) is 3.23. The van der Waals surface area contributed by atoms with E-state index in [-0.39, 0.29) is 12.6 Å². The number of aliphatic hydroxyl groups excluding tert-OH is 1. The molecular formula is C18H23N3O3S. The molecule has 3 heterocycles. The summed E-state index contributed by atoms with van der Waals surface area (Å²) >= 11 is 0. The SMILES string of the molecule is O=S1(=O)CCC(N2CCN(c3nc4ccccc4cc3CO)CC2)C1. The van der Waals surface area contributed by atoms with Gasteiger partial charge in [-0.25, -0.2) is 13.4 Å². The van der Waals surface area contributed by atoms with Gasteiger partial charge in [0.2, 0.25) is 0 Å². The number of fused-ring (bicyclic) bond motifs is 1. The van der Waals surface area contributed by atoms with Gasteiger partial charge in [0.25, 0.3) is 0 Å². The van der Waals surface area contributed by atoms with Crippen molar-refractivity contribution >= 4 is 26.6 Å². The molecule has 4 rings (SSSR count). The first kappa shape index (κ1) is 16.8. The molecule has 2 saturated heterocycles. The second-order valence-electron chi connectivity index (χ2n) is 6.90. The van der Waals surface area contributed by atoms with Gasteiger partial charge in [-0.1, -0.05) is 18.2 Å². The highest BCUT2D eigenvalue weighted by atomic mass is 32.2. The van der Waals surface area contributed by atoms with Crippen LogP contribution < -0.4 is 4.90 Å². The van der Waals surface area contributed by atoms with E-state index >= 15 is 0 Å². The van der Waals surface area contributed by atoms with Crippen molar-refractivity contribution in [1.82, 2.24) is 9.88 Å². The lowest BCUT2D eigenvalue weighted by Gasteiger charge is -2.38. The van der Waals surface area contributed by atoms with Gasteiger partial charge in [-0.3, -0.25) is 4.90 Å². The molecule has 0 aliphatic carbocycles. The summed E-state index contributed by atoms with van der Waals surface area (Å²) in [7, 11) is -2.85. The smallest absolute Gasteiger partial charge is 0.151 e. The number of benzene rings is 1. The molecule has 2 aromatic rings. The predicted octanol–water partition coefficient (Wildman–Crippen LogP) is 1.04. The molecule has 0 saturated carbocycles. The van der Waals surface area contributed by atoms with E-state index in [1.807, 2.05) is 30.3 Å². The Morgan fingerprint density at radius 3 is 2.60 bits per heavy atom. The first-order valence-electron chi connectivity index (χ1n) is 8.75. The maximum absolute atomic E-state index is 11.7. The van der Waals surface area contributed by atoms with Gasteiger partial charge in [-0.2, -0.15) is 0 Å². The van der Waals surface area contributed by atoms with Gasteiger partial charge in [0.05, 0.1) is 23.6 Å². The number of aliphatic hydroxyl groups is 1. The van der Waals surface area contributed by atoms with Crippen LogP contribution in [0.4, 0.5) is 5.82 Å². The average Bonchev–Trinajstić information content (AvgIpc) is 3.00. The molecule has 134 valence electrons. The highest BCUT2D eigenvalue weighted by molar-refractivity contribution is 7.91. The number of anilines is 1. The van der Waals surface area contributed by atoms with Crippen molar-refractivity contribution in [2.24, 2.45) is 0 Å². The Labute approximate surface area is 148 Å². The van der Waals surface area contributed by atoms with Crippen LogP contribution in [0.5, 0.6) is 0 Å². The molecule has 25 heavy (non-hydrogen) atoms. The normalized spacial score (nSPS) is 24.0. The lowest BCUT2D eigenvalue weighted by molar-refractivity contribution is 0.199. The highest BCUT2D eigenvalue weighted by Gasteiger charge is 2.34. The number of rotatable bonds is 3. The van der Waals surface area contributed by atoms with Crippen molar-refractivity contribution in [1.29, 1.82) is 0 Å². The topological polar surface area (TPSA) is 73.7 Å². The Balaban J connectivity index is 1.51. The third kappa shape index (κ3) is 3.36. The minimum absolute atomic E-state index is 0.0335. The standard InChI is InChI=1S/C18H23N3O3S/c22-12-15-11-14-3-1-2-4-17(14)19-18(15)21-8-6-20(7-9-21)16-5-10-25(23,24)13-16/h1-4,11,16,22H,5-10,12-13H2. The Morgan fingerprint density at radius 2 is 1.92 bits per heavy atom. The second kappa shape index (κ2) is 6.55. The predicted molar refractivity (Wildman–Crippen MR) is 98.5 cm³/mol. The monoisotopic (exact) mass is 361 g/mol. The van der Waals surface area contributed by atoms with E-state index in [9.17, 15) is 13.5 Å². The summed E-state index contributed by atoms with van der Waals surface area (Å²) in [5.74, 6) is 1.46. The Hall–Kier alpha value is -1.70. The number of hydrogen-bond donors (Lipinski definition) is 1. The van der Waals surface area contributed by atoms with Crippen LogP contribution >= 0.6 is 0 Å². The van der Waals surface area contributed by atoms with Crippen LogP contribution in [0, 0.1) is 0 Å². The van der Waals surface area contributed by atoms with Crippen LogP contribution in [0.15, 0.2) is 30.3 Å². The molecule has 6 nitrogen and oxygen atoms in total. The molecule has 1 aromatic carbocycles. The van der Waals surface area contributed by atoms with Crippen molar-refractivity contribution in [2.75, 3.05) is 42.6 Å². The van der Waals surface area contributed by atoms with Gasteiger partial charge < -0.3 is 10.0 Å². The summed E-state index contributed by atoms with van der Waals surface area (Å²) in [6, 6.07) is 10.1. The van der Waals surface area contributed by atoms with E-state index in [1.54, 1.807) is 0 Å². The number of piperazine rings is 1. The fourth-order valence-electron chi connectivity index (χ4n) is 3.90. The van der Waals surface area contributed by atoms with E-state index in [0.717, 1.165) is 54.9 Å². The van der Waals surface area contributed by atoms with E-state index in [2.05, 4.69) is 9.80 Å². The molecule has 1 N–H and O–H groups in total. The van der Waals surface area contributed by atoms with Gasteiger partial charge in [0.15, 0.2) is 9.84 Å². The van der Waals surface area contributed by atoms with Crippen molar-refractivity contribution < 1.29 is 13.5 Å². The summed E-state index contributed by atoms with van der Waals surface area (Å²) in [6.07, 6.45) is 0.748. The number of para-hydroxylation sites is 1. The molecule has 0 amide bonds. The van der Waals surface area contributed by atoms with Crippen molar-refractivity contribution in [3.05, 3.63) is 35.9 Å². The van der Waals surface area contributed by atoms with Crippen LogP contribution in [0.1, 0.15) is 12.0 Å². The van der Waals surface area contributed by atoms with E-state index in [0.29, 0.717) is 11.5 Å². The Kier molecular flexibility index (Phi) is 4.39. The average molecular weight is 361 g/mol. The van der Waals surface area contributed by atoms with Crippen LogP contribution in [-0.4, -0.2) is 67.1 Å². The van der Waals surface area contributed by atoms with Crippen LogP contribution in [0.2, 0.25) is 0 Å². The molecular weight excluding hydrogens is 338 g/mol. The van der Waals surface area contributed by atoms with Gasteiger partial charge in [0.1, 0.15) is 5.82 Å². The summed E-state index contributed by atoms with van der Waals surface area (Å²) in [4.78, 5) is 9.27. The molecule has 7 heteroatoms.